The molecule has 0 bridgehead atoms. The highest BCUT2D eigenvalue weighted by molar-refractivity contribution is 5.39. The van der Waals surface area contributed by atoms with E-state index in [2.05, 4.69) is 13.5 Å². The lowest BCUT2D eigenvalue weighted by Gasteiger charge is -2.17. The number of rotatable bonds is 0. The summed E-state index contributed by atoms with van der Waals surface area (Å²) >= 11 is 0. The van der Waals surface area contributed by atoms with Gasteiger partial charge in [-0.05, 0) is 24.2 Å². The van der Waals surface area contributed by atoms with Crippen molar-refractivity contribution in [3.8, 4) is 0 Å². The second kappa shape index (κ2) is 0.683. The highest BCUT2D eigenvalue weighted by Gasteiger charge is 2.61. The summed E-state index contributed by atoms with van der Waals surface area (Å²) in [5.74, 6) is 0.951. The number of hydrogen-bond donors (Lipinski definition) is 0. The highest BCUT2D eigenvalue weighted by atomic mass is 14.6. The molecule has 2 unspecified atom stereocenters. The number of allylic oxidation sites excluding steroid dienone is 1. The smallest absolute Gasteiger partial charge is 0.00502 e. The van der Waals surface area contributed by atoms with Crippen molar-refractivity contribution >= 4 is 0 Å². The summed E-state index contributed by atoms with van der Waals surface area (Å²) in [5.41, 5.74) is 2.17. The zero-order valence-corrected chi connectivity index (χ0v) is 4.70. The monoisotopic (exact) mass is 94.1 g/mol. The Morgan fingerprint density at radius 3 is 2.43 bits per heavy atom. The first-order valence-electron chi connectivity index (χ1n) is 2.94. The van der Waals surface area contributed by atoms with Crippen molar-refractivity contribution in [2.75, 3.05) is 0 Å². The molecule has 2 saturated carbocycles. The van der Waals surface area contributed by atoms with Crippen LogP contribution in [-0.4, -0.2) is 0 Å². The number of hydrogen-bond acceptors (Lipinski definition) is 0. The predicted molar refractivity (Wildman–Crippen MR) is 30.0 cm³/mol. The van der Waals surface area contributed by atoms with Crippen LogP contribution in [0.4, 0.5) is 0 Å². The van der Waals surface area contributed by atoms with E-state index >= 15 is 0 Å². The lowest BCUT2D eigenvalue weighted by Crippen LogP contribution is -2.08. The fraction of sp³-hybridized carbons (Fsp3) is 0.714. The standard InChI is InChI=1S/C7H10/c1-5-6-3-4-7(5,6)2/h6H,1,3-4H2,2H3. The Labute approximate surface area is 44.2 Å². The molecule has 0 radical (unpaired) electrons. The molecule has 0 aromatic carbocycles. The minimum atomic E-state index is 0.653. The largest absolute Gasteiger partial charge is 0.0990 e. The zero-order valence-electron chi connectivity index (χ0n) is 4.70. The molecule has 0 N–H and O–H groups in total. The summed E-state index contributed by atoms with van der Waals surface area (Å²) in [6.07, 6.45) is 2.84. The van der Waals surface area contributed by atoms with Gasteiger partial charge in [0.2, 0.25) is 0 Å². The Hall–Kier alpha value is -0.260. The van der Waals surface area contributed by atoms with Gasteiger partial charge in [0.25, 0.3) is 0 Å². The van der Waals surface area contributed by atoms with Crippen LogP contribution in [0.3, 0.4) is 0 Å². The van der Waals surface area contributed by atoms with E-state index in [1.54, 1.807) is 0 Å². The summed E-state index contributed by atoms with van der Waals surface area (Å²) in [5, 5.41) is 0. The SMILES string of the molecule is C=C1C2CCC12C. The van der Waals surface area contributed by atoms with E-state index in [9.17, 15) is 0 Å². The van der Waals surface area contributed by atoms with Crippen LogP contribution in [-0.2, 0) is 0 Å². The van der Waals surface area contributed by atoms with Gasteiger partial charge in [0.15, 0.2) is 0 Å². The Kier molecular flexibility index (Phi) is 0.362. The van der Waals surface area contributed by atoms with Crippen molar-refractivity contribution < 1.29 is 0 Å². The molecule has 0 aromatic heterocycles. The van der Waals surface area contributed by atoms with Gasteiger partial charge in [-0.1, -0.05) is 19.1 Å². The third kappa shape index (κ3) is 0.206. The molecule has 0 amide bonds. The summed E-state index contributed by atoms with van der Waals surface area (Å²) in [4.78, 5) is 0. The van der Waals surface area contributed by atoms with Crippen LogP contribution in [0.1, 0.15) is 19.8 Å². The fourth-order valence-corrected chi connectivity index (χ4v) is 1.71. The first-order valence-corrected chi connectivity index (χ1v) is 2.94. The van der Waals surface area contributed by atoms with Crippen molar-refractivity contribution in [2.45, 2.75) is 19.8 Å². The average molecular weight is 94.2 g/mol. The molecule has 0 heteroatoms. The van der Waals surface area contributed by atoms with Crippen molar-refractivity contribution in [3.63, 3.8) is 0 Å². The molecule has 0 aliphatic heterocycles. The Bertz CT molecular complexity index is 135. The van der Waals surface area contributed by atoms with Gasteiger partial charge in [-0.15, -0.1) is 0 Å². The second-order valence-corrected chi connectivity index (χ2v) is 3.03. The quantitative estimate of drug-likeness (QED) is 0.402. The van der Waals surface area contributed by atoms with Gasteiger partial charge in [0.1, 0.15) is 0 Å². The van der Waals surface area contributed by atoms with Crippen LogP contribution >= 0.6 is 0 Å². The third-order valence-electron chi connectivity index (χ3n) is 2.79. The summed E-state index contributed by atoms with van der Waals surface area (Å²) in [7, 11) is 0. The Morgan fingerprint density at radius 2 is 2.43 bits per heavy atom. The normalized spacial score (nSPS) is 55.6. The molecule has 38 valence electrons. The first-order chi connectivity index (χ1) is 3.25. The van der Waals surface area contributed by atoms with Crippen molar-refractivity contribution in [1.29, 1.82) is 0 Å². The van der Waals surface area contributed by atoms with Crippen LogP contribution in [0.5, 0.6) is 0 Å². The van der Waals surface area contributed by atoms with Crippen LogP contribution < -0.4 is 0 Å². The maximum Gasteiger partial charge on any atom is -0.00502 e. The zero-order chi connectivity index (χ0) is 5.07. The van der Waals surface area contributed by atoms with E-state index in [4.69, 9.17) is 0 Å². The van der Waals surface area contributed by atoms with Gasteiger partial charge in [0, 0.05) is 0 Å². The third-order valence-corrected chi connectivity index (χ3v) is 2.79. The topological polar surface area (TPSA) is 0 Å². The summed E-state index contributed by atoms with van der Waals surface area (Å²) in [6.45, 7) is 6.29. The van der Waals surface area contributed by atoms with Crippen LogP contribution in [0.2, 0.25) is 0 Å². The van der Waals surface area contributed by atoms with Gasteiger partial charge < -0.3 is 0 Å². The molecule has 2 aliphatic rings. The molecule has 0 heterocycles. The lowest BCUT2D eigenvalue weighted by molar-refractivity contribution is 0.327. The van der Waals surface area contributed by atoms with E-state index in [-0.39, 0.29) is 0 Å². The fourth-order valence-electron chi connectivity index (χ4n) is 1.71. The van der Waals surface area contributed by atoms with E-state index in [0.29, 0.717) is 5.41 Å². The van der Waals surface area contributed by atoms with Gasteiger partial charge >= 0.3 is 0 Å². The minimum Gasteiger partial charge on any atom is -0.0990 e. The van der Waals surface area contributed by atoms with Crippen molar-refractivity contribution in [1.82, 2.24) is 0 Å². The maximum absolute atomic E-state index is 3.96. The van der Waals surface area contributed by atoms with E-state index in [1.807, 2.05) is 0 Å². The molecule has 2 aliphatic carbocycles. The van der Waals surface area contributed by atoms with Crippen LogP contribution in [0.15, 0.2) is 12.2 Å². The minimum absolute atomic E-state index is 0.653. The molecule has 0 aromatic rings. The van der Waals surface area contributed by atoms with Gasteiger partial charge in [-0.3, -0.25) is 0 Å². The molecule has 0 saturated heterocycles. The first kappa shape index (κ1) is 3.71. The van der Waals surface area contributed by atoms with Gasteiger partial charge in [-0.2, -0.15) is 0 Å². The number of fused-ring (bicyclic) bond motifs is 1. The Balaban J connectivity index is 2.35. The molecule has 7 heavy (non-hydrogen) atoms. The molecule has 2 fully saturated rings. The van der Waals surface area contributed by atoms with Crippen LogP contribution in [0.25, 0.3) is 0 Å². The second-order valence-electron chi connectivity index (χ2n) is 3.03. The summed E-state index contributed by atoms with van der Waals surface area (Å²) in [6, 6.07) is 0. The van der Waals surface area contributed by atoms with Crippen molar-refractivity contribution in [2.24, 2.45) is 11.3 Å². The van der Waals surface area contributed by atoms with Crippen LogP contribution in [0, 0.1) is 11.3 Å². The average Bonchev–Trinajstić information content (AvgIpc) is 1.86. The Morgan fingerprint density at radius 1 is 1.86 bits per heavy atom. The maximum atomic E-state index is 3.96. The van der Waals surface area contributed by atoms with E-state index < -0.39 is 0 Å². The molecular weight excluding hydrogens is 84.1 g/mol. The molecule has 0 spiro atoms. The van der Waals surface area contributed by atoms with E-state index in [0.717, 1.165) is 5.92 Å². The lowest BCUT2D eigenvalue weighted by atomic mass is 9.87. The summed E-state index contributed by atoms with van der Waals surface area (Å²) < 4.78 is 0. The molecular formula is C7H10. The molecule has 2 atom stereocenters. The predicted octanol–water partition coefficient (Wildman–Crippen LogP) is 1.97. The molecule has 2 rings (SSSR count). The highest BCUT2D eigenvalue weighted by Crippen LogP contribution is 2.70. The van der Waals surface area contributed by atoms with Gasteiger partial charge in [0.05, 0.1) is 0 Å². The van der Waals surface area contributed by atoms with E-state index in [1.165, 1.54) is 18.4 Å². The van der Waals surface area contributed by atoms with Crippen molar-refractivity contribution in [3.05, 3.63) is 12.2 Å². The molecule has 0 nitrogen and oxygen atoms in total. The van der Waals surface area contributed by atoms with Gasteiger partial charge in [-0.25, -0.2) is 0 Å².